The molecule has 0 fully saturated rings. The lowest BCUT2D eigenvalue weighted by molar-refractivity contribution is 0.0596. The molecule has 4 nitrogen and oxygen atoms in total. The van der Waals surface area contributed by atoms with Gasteiger partial charge in [0.05, 0.1) is 24.6 Å². The first kappa shape index (κ1) is 13.4. The average Bonchev–Trinajstić information content (AvgIpc) is 2.42. The number of hydrogen-bond acceptors (Lipinski definition) is 5. The van der Waals surface area contributed by atoms with Crippen LogP contribution in [0.4, 0.5) is 5.69 Å². The van der Waals surface area contributed by atoms with Crippen LogP contribution in [0.5, 0.6) is 0 Å². The van der Waals surface area contributed by atoms with E-state index in [0.29, 0.717) is 16.3 Å². The molecule has 0 aliphatic rings. The highest BCUT2D eigenvalue weighted by molar-refractivity contribution is 7.99. The lowest BCUT2D eigenvalue weighted by atomic mass is 10.2. The second-order valence-corrected chi connectivity index (χ2v) is 5.01. The number of pyridine rings is 1. The Hall–Kier alpha value is -2.01. The van der Waals surface area contributed by atoms with E-state index < -0.39 is 5.97 Å². The van der Waals surface area contributed by atoms with E-state index >= 15 is 0 Å². The smallest absolute Gasteiger partial charge is 0.340 e. The maximum Gasteiger partial charge on any atom is 0.340 e. The van der Waals surface area contributed by atoms with E-state index in [9.17, 15) is 4.79 Å². The molecule has 2 aromatic rings. The predicted molar refractivity (Wildman–Crippen MR) is 75.3 cm³/mol. The van der Waals surface area contributed by atoms with Gasteiger partial charge in [0.15, 0.2) is 0 Å². The number of esters is 1. The van der Waals surface area contributed by atoms with Crippen molar-refractivity contribution in [2.45, 2.75) is 16.8 Å². The van der Waals surface area contributed by atoms with Crippen LogP contribution in [0, 0.1) is 6.92 Å². The van der Waals surface area contributed by atoms with Crippen LogP contribution in [-0.4, -0.2) is 18.1 Å². The van der Waals surface area contributed by atoms with E-state index in [1.54, 1.807) is 6.07 Å². The zero-order valence-corrected chi connectivity index (χ0v) is 11.5. The number of nitrogens with two attached hydrogens (primary N) is 1. The third-order valence-electron chi connectivity index (χ3n) is 2.58. The van der Waals surface area contributed by atoms with Gasteiger partial charge in [0.2, 0.25) is 0 Å². The predicted octanol–water partition coefficient (Wildman–Crippen LogP) is 2.91. The Kier molecular flexibility index (Phi) is 4.06. The normalized spacial score (nSPS) is 10.2. The van der Waals surface area contributed by atoms with Crippen LogP contribution in [-0.2, 0) is 4.74 Å². The summed E-state index contributed by atoms with van der Waals surface area (Å²) in [7, 11) is 1.34. The van der Waals surface area contributed by atoms with Gasteiger partial charge in [0.25, 0.3) is 0 Å². The third kappa shape index (κ3) is 3.06. The van der Waals surface area contributed by atoms with E-state index in [2.05, 4.69) is 4.98 Å². The zero-order chi connectivity index (χ0) is 13.8. The van der Waals surface area contributed by atoms with Crippen molar-refractivity contribution in [2.24, 2.45) is 0 Å². The number of nitrogen functional groups attached to an aromatic ring is 1. The summed E-state index contributed by atoms with van der Waals surface area (Å²) in [6.07, 6.45) is 1.53. The van der Waals surface area contributed by atoms with E-state index in [0.717, 1.165) is 10.5 Å². The minimum atomic E-state index is -0.434. The molecule has 0 radical (unpaired) electrons. The fourth-order valence-electron chi connectivity index (χ4n) is 1.58. The molecule has 1 aromatic carbocycles. The summed E-state index contributed by atoms with van der Waals surface area (Å²) < 4.78 is 4.75. The summed E-state index contributed by atoms with van der Waals surface area (Å²) in [4.78, 5) is 17.0. The number of carbonyl (C=O) groups excluding carboxylic acids is 1. The second-order valence-electron chi connectivity index (χ2n) is 3.98. The van der Waals surface area contributed by atoms with Gasteiger partial charge < -0.3 is 10.5 Å². The van der Waals surface area contributed by atoms with Crippen LogP contribution in [0.25, 0.3) is 0 Å². The fraction of sp³-hybridized carbons (Fsp3) is 0.143. The van der Waals surface area contributed by atoms with Gasteiger partial charge in [-0.15, -0.1) is 0 Å². The number of anilines is 1. The number of carbonyl (C=O) groups is 1. The standard InChI is InChI=1S/C14H14N2O2S/c1-9-5-3-4-6-12(9)19-13-11(14(17)18-2)7-10(15)8-16-13/h3-8H,15H2,1-2H3. The first-order valence-corrected chi connectivity index (χ1v) is 6.51. The van der Waals surface area contributed by atoms with Crippen LogP contribution in [0.15, 0.2) is 46.5 Å². The minimum absolute atomic E-state index is 0.385. The Morgan fingerprint density at radius 2 is 2.11 bits per heavy atom. The molecule has 0 saturated carbocycles. The van der Waals surface area contributed by atoms with Crippen molar-refractivity contribution in [2.75, 3.05) is 12.8 Å². The van der Waals surface area contributed by atoms with Gasteiger partial charge in [-0.2, -0.15) is 0 Å². The first-order valence-electron chi connectivity index (χ1n) is 5.69. The number of rotatable bonds is 3. The second kappa shape index (κ2) is 5.75. The van der Waals surface area contributed by atoms with E-state index in [1.165, 1.54) is 25.1 Å². The highest BCUT2D eigenvalue weighted by atomic mass is 32.2. The lowest BCUT2D eigenvalue weighted by Crippen LogP contribution is -2.05. The van der Waals surface area contributed by atoms with Crippen LogP contribution < -0.4 is 5.73 Å². The molecule has 0 spiro atoms. The lowest BCUT2D eigenvalue weighted by Gasteiger charge is -2.09. The SMILES string of the molecule is COC(=O)c1cc(N)cnc1Sc1ccccc1C. The van der Waals surface area contributed by atoms with Gasteiger partial charge >= 0.3 is 5.97 Å². The number of aryl methyl sites for hydroxylation is 1. The number of aromatic nitrogens is 1. The molecule has 5 heteroatoms. The van der Waals surface area contributed by atoms with Gasteiger partial charge in [-0.3, -0.25) is 0 Å². The van der Waals surface area contributed by atoms with E-state index in [1.807, 2.05) is 31.2 Å². The number of ether oxygens (including phenoxy) is 1. The Balaban J connectivity index is 2.40. The molecule has 0 atom stereocenters. The van der Waals surface area contributed by atoms with Crippen molar-refractivity contribution in [3.8, 4) is 0 Å². The van der Waals surface area contributed by atoms with Crippen molar-refractivity contribution in [3.05, 3.63) is 47.7 Å². The summed E-state index contributed by atoms with van der Waals surface area (Å²) in [5.74, 6) is -0.434. The number of hydrogen-bond donors (Lipinski definition) is 1. The molecular weight excluding hydrogens is 260 g/mol. The van der Waals surface area contributed by atoms with Crippen LogP contribution in [0.1, 0.15) is 15.9 Å². The number of nitrogens with zero attached hydrogens (tertiary/aromatic N) is 1. The highest BCUT2D eigenvalue weighted by Gasteiger charge is 2.15. The topological polar surface area (TPSA) is 65.2 Å². The molecule has 0 unspecified atom stereocenters. The summed E-state index contributed by atoms with van der Waals surface area (Å²) >= 11 is 1.43. The molecule has 0 saturated heterocycles. The molecule has 0 bridgehead atoms. The zero-order valence-electron chi connectivity index (χ0n) is 10.7. The van der Waals surface area contributed by atoms with Crippen molar-refractivity contribution in [3.63, 3.8) is 0 Å². The largest absolute Gasteiger partial charge is 0.465 e. The summed E-state index contributed by atoms with van der Waals surface area (Å²) in [5, 5.41) is 0.593. The minimum Gasteiger partial charge on any atom is -0.465 e. The van der Waals surface area contributed by atoms with Crippen molar-refractivity contribution in [1.82, 2.24) is 4.98 Å². The van der Waals surface area contributed by atoms with Gasteiger partial charge in [0, 0.05) is 4.90 Å². The average molecular weight is 274 g/mol. The third-order valence-corrected chi connectivity index (χ3v) is 3.77. The van der Waals surface area contributed by atoms with Crippen molar-refractivity contribution in [1.29, 1.82) is 0 Å². The maximum absolute atomic E-state index is 11.7. The van der Waals surface area contributed by atoms with Gasteiger partial charge in [0.1, 0.15) is 5.03 Å². The molecule has 2 rings (SSSR count). The Morgan fingerprint density at radius 3 is 2.79 bits per heavy atom. The van der Waals surface area contributed by atoms with Gasteiger partial charge in [-0.1, -0.05) is 30.0 Å². The summed E-state index contributed by atoms with van der Waals surface area (Å²) in [6, 6.07) is 9.50. The number of methoxy groups -OCH3 is 1. The highest BCUT2D eigenvalue weighted by Crippen LogP contribution is 2.31. The van der Waals surface area contributed by atoms with E-state index in [-0.39, 0.29) is 0 Å². The molecule has 1 heterocycles. The molecule has 19 heavy (non-hydrogen) atoms. The van der Waals surface area contributed by atoms with Crippen molar-refractivity contribution >= 4 is 23.4 Å². The molecule has 1 aromatic heterocycles. The fourth-order valence-corrected chi connectivity index (χ4v) is 2.52. The van der Waals surface area contributed by atoms with Crippen molar-refractivity contribution < 1.29 is 9.53 Å². The van der Waals surface area contributed by atoms with Gasteiger partial charge in [-0.25, -0.2) is 9.78 Å². The molecule has 2 N–H and O–H groups in total. The van der Waals surface area contributed by atoms with Gasteiger partial charge in [-0.05, 0) is 24.6 Å². The first-order chi connectivity index (χ1) is 9.11. The molecule has 0 aliphatic carbocycles. The van der Waals surface area contributed by atoms with Crippen LogP contribution >= 0.6 is 11.8 Å². The molecule has 98 valence electrons. The quantitative estimate of drug-likeness (QED) is 0.872. The maximum atomic E-state index is 11.7. The summed E-state index contributed by atoms with van der Waals surface area (Å²) in [5.41, 5.74) is 7.61. The number of benzene rings is 1. The van der Waals surface area contributed by atoms with E-state index in [4.69, 9.17) is 10.5 Å². The molecule has 0 aliphatic heterocycles. The monoisotopic (exact) mass is 274 g/mol. The molecule has 0 amide bonds. The van der Waals surface area contributed by atoms with Crippen LogP contribution in [0.3, 0.4) is 0 Å². The Morgan fingerprint density at radius 1 is 1.37 bits per heavy atom. The summed E-state index contributed by atoms with van der Waals surface area (Å²) in [6.45, 7) is 2.01. The van der Waals surface area contributed by atoms with Crippen LogP contribution in [0.2, 0.25) is 0 Å². The Labute approximate surface area is 116 Å². The Bertz CT molecular complexity index is 614. The molecular formula is C14H14N2O2S.